The van der Waals surface area contributed by atoms with E-state index in [1.165, 1.54) is 23.1 Å². The Morgan fingerprint density at radius 3 is 2.41 bits per heavy atom. The van der Waals surface area contributed by atoms with E-state index >= 15 is 0 Å². The van der Waals surface area contributed by atoms with Gasteiger partial charge in [-0.3, -0.25) is 15.6 Å². The van der Waals surface area contributed by atoms with E-state index in [1.807, 2.05) is 0 Å². The number of halogens is 4. The minimum absolute atomic E-state index is 0.0678. The predicted octanol–water partition coefficient (Wildman–Crippen LogP) is 5.38. The summed E-state index contributed by atoms with van der Waals surface area (Å²) in [5.41, 5.74) is 2.35. The maximum absolute atomic E-state index is 13.8. The van der Waals surface area contributed by atoms with Gasteiger partial charge < -0.3 is 9.64 Å². The molecule has 1 aliphatic heterocycles. The Bertz CT molecular complexity index is 1260. The summed E-state index contributed by atoms with van der Waals surface area (Å²) < 4.78 is 56.7. The zero-order valence-electron chi connectivity index (χ0n) is 16.3. The van der Waals surface area contributed by atoms with Crippen molar-refractivity contribution >= 4 is 23.4 Å². The first-order valence-electron chi connectivity index (χ1n) is 9.39. The standard InChI is InChI=1S/C23H15F4N3O2/c24-17-8-7-12(10-18(17)25)15-3-1-2-4-19(15)30-11-14-6-5-13(9-16(14)23(30)31)21(28)32-22(29)20(26)27/h1-10,20,28-29H,11H2. The van der Waals surface area contributed by atoms with Crippen LogP contribution in [0, 0.1) is 22.5 Å². The number of anilines is 1. The number of hydrogen-bond acceptors (Lipinski definition) is 4. The van der Waals surface area contributed by atoms with E-state index < -0.39 is 35.8 Å². The van der Waals surface area contributed by atoms with Crippen molar-refractivity contribution in [3.05, 3.63) is 89.0 Å². The van der Waals surface area contributed by atoms with E-state index in [-0.39, 0.29) is 17.7 Å². The summed E-state index contributed by atoms with van der Waals surface area (Å²) in [4.78, 5) is 14.6. The quantitative estimate of drug-likeness (QED) is 0.324. The van der Waals surface area contributed by atoms with E-state index in [0.717, 1.165) is 12.1 Å². The average Bonchev–Trinajstić information content (AvgIpc) is 3.11. The van der Waals surface area contributed by atoms with Crippen LogP contribution in [0.2, 0.25) is 0 Å². The Morgan fingerprint density at radius 2 is 1.69 bits per heavy atom. The first kappa shape index (κ1) is 21.2. The second kappa shape index (κ2) is 8.26. The number of rotatable bonds is 4. The third kappa shape index (κ3) is 3.84. The Balaban J connectivity index is 1.66. The van der Waals surface area contributed by atoms with Crippen molar-refractivity contribution in [1.29, 1.82) is 10.8 Å². The number of alkyl halides is 2. The Kier molecular flexibility index (Phi) is 5.48. The van der Waals surface area contributed by atoms with Crippen molar-refractivity contribution in [1.82, 2.24) is 0 Å². The molecule has 1 heterocycles. The number of amides is 1. The van der Waals surface area contributed by atoms with Crippen LogP contribution in [-0.4, -0.2) is 24.1 Å². The number of para-hydroxylation sites is 1. The summed E-state index contributed by atoms with van der Waals surface area (Å²) in [6.07, 6.45) is -3.16. The van der Waals surface area contributed by atoms with Gasteiger partial charge in [0.2, 0.25) is 5.90 Å². The number of nitrogens with one attached hydrogen (secondary N) is 2. The lowest BCUT2D eigenvalue weighted by molar-refractivity contribution is 0.0996. The van der Waals surface area contributed by atoms with E-state index in [1.54, 1.807) is 30.3 Å². The van der Waals surface area contributed by atoms with Gasteiger partial charge >= 0.3 is 6.43 Å². The summed E-state index contributed by atoms with van der Waals surface area (Å²) in [6.45, 7) is 0.191. The minimum Gasteiger partial charge on any atom is -0.419 e. The molecule has 9 heteroatoms. The van der Waals surface area contributed by atoms with E-state index in [0.29, 0.717) is 22.4 Å². The van der Waals surface area contributed by atoms with Crippen molar-refractivity contribution in [3.8, 4) is 11.1 Å². The lowest BCUT2D eigenvalue weighted by Gasteiger charge is -2.20. The van der Waals surface area contributed by atoms with E-state index in [2.05, 4.69) is 4.74 Å². The lowest BCUT2D eigenvalue weighted by atomic mass is 10.0. The fourth-order valence-electron chi connectivity index (χ4n) is 3.47. The largest absolute Gasteiger partial charge is 0.419 e. The highest BCUT2D eigenvalue weighted by Crippen LogP contribution is 2.36. The van der Waals surface area contributed by atoms with Crippen LogP contribution in [0.1, 0.15) is 21.5 Å². The van der Waals surface area contributed by atoms with Crippen molar-refractivity contribution in [2.24, 2.45) is 0 Å². The van der Waals surface area contributed by atoms with Crippen LogP contribution in [0.15, 0.2) is 60.7 Å². The highest BCUT2D eigenvalue weighted by atomic mass is 19.3. The molecule has 0 aromatic heterocycles. The second-order valence-electron chi connectivity index (χ2n) is 7.01. The first-order chi connectivity index (χ1) is 15.3. The van der Waals surface area contributed by atoms with Gasteiger partial charge in [0.1, 0.15) is 0 Å². The van der Waals surface area contributed by atoms with Crippen LogP contribution < -0.4 is 4.90 Å². The van der Waals surface area contributed by atoms with Gasteiger partial charge in [0.25, 0.3) is 11.8 Å². The van der Waals surface area contributed by atoms with Gasteiger partial charge in [0, 0.05) is 16.7 Å². The Morgan fingerprint density at radius 1 is 0.938 bits per heavy atom. The normalized spacial score (nSPS) is 12.8. The molecule has 0 radical (unpaired) electrons. The maximum atomic E-state index is 13.8. The molecule has 4 rings (SSSR count). The molecule has 1 amide bonds. The number of carbonyl (C=O) groups is 1. The molecule has 0 saturated carbocycles. The summed E-state index contributed by atoms with van der Waals surface area (Å²) >= 11 is 0. The number of nitrogens with zero attached hydrogens (tertiary/aromatic N) is 1. The molecular formula is C23H15F4N3O2. The van der Waals surface area contributed by atoms with Crippen LogP contribution >= 0.6 is 0 Å². The van der Waals surface area contributed by atoms with Gasteiger partial charge in [0.05, 0.1) is 12.2 Å². The van der Waals surface area contributed by atoms with Crippen molar-refractivity contribution in [3.63, 3.8) is 0 Å². The molecule has 0 fully saturated rings. The second-order valence-corrected chi connectivity index (χ2v) is 7.01. The van der Waals surface area contributed by atoms with Crippen LogP contribution in [-0.2, 0) is 11.3 Å². The molecule has 0 unspecified atom stereocenters. The lowest BCUT2D eigenvalue weighted by Crippen LogP contribution is -2.23. The molecule has 0 spiro atoms. The summed E-state index contributed by atoms with van der Waals surface area (Å²) in [6, 6.07) is 14.6. The van der Waals surface area contributed by atoms with Crippen LogP contribution in [0.5, 0.6) is 0 Å². The van der Waals surface area contributed by atoms with Gasteiger partial charge in [-0.15, -0.1) is 0 Å². The van der Waals surface area contributed by atoms with Crippen LogP contribution in [0.4, 0.5) is 23.2 Å². The fourth-order valence-corrected chi connectivity index (χ4v) is 3.47. The summed E-state index contributed by atoms with van der Waals surface area (Å²) in [5, 5.41) is 14.8. The zero-order valence-corrected chi connectivity index (χ0v) is 16.3. The third-order valence-corrected chi connectivity index (χ3v) is 5.01. The SMILES string of the molecule is N=C(OC(=N)C(F)F)c1ccc2c(c1)C(=O)N(c1ccccc1-c1ccc(F)c(F)c1)C2. The fraction of sp³-hybridized carbons (Fsp3) is 0.0870. The van der Waals surface area contributed by atoms with Crippen molar-refractivity contribution in [2.45, 2.75) is 13.0 Å². The molecule has 3 aromatic rings. The summed E-state index contributed by atoms with van der Waals surface area (Å²) in [5.74, 6) is -4.43. The number of fused-ring (bicyclic) bond motifs is 1. The van der Waals surface area contributed by atoms with Gasteiger partial charge in [-0.05, 0) is 41.5 Å². The number of ether oxygens (including phenoxy) is 1. The molecule has 2 N–H and O–H groups in total. The van der Waals surface area contributed by atoms with Gasteiger partial charge in [-0.2, -0.15) is 8.78 Å². The molecule has 1 aliphatic rings. The topological polar surface area (TPSA) is 77.2 Å². The van der Waals surface area contributed by atoms with E-state index in [4.69, 9.17) is 10.8 Å². The van der Waals surface area contributed by atoms with Crippen LogP contribution in [0.25, 0.3) is 11.1 Å². The smallest absolute Gasteiger partial charge is 0.312 e. The highest BCUT2D eigenvalue weighted by Gasteiger charge is 2.31. The monoisotopic (exact) mass is 441 g/mol. The molecule has 162 valence electrons. The third-order valence-electron chi connectivity index (χ3n) is 5.01. The average molecular weight is 441 g/mol. The van der Waals surface area contributed by atoms with Crippen molar-refractivity contribution < 1.29 is 27.1 Å². The van der Waals surface area contributed by atoms with Gasteiger partial charge in [-0.25, -0.2) is 8.78 Å². The molecule has 0 saturated heterocycles. The molecule has 0 bridgehead atoms. The zero-order chi connectivity index (χ0) is 23.0. The van der Waals surface area contributed by atoms with Crippen LogP contribution in [0.3, 0.4) is 0 Å². The molecule has 32 heavy (non-hydrogen) atoms. The highest BCUT2D eigenvalue weighted by molar-refractivity contribution is 6.13. The molecular weight excluding hydrogens is 426 g/mol. The minimum atomic E-state index is -3.16. The van der Waals surface area contributed by atoms with Gasteiger partial charge in [-0.1, -0.05) is 30.3 Å². The number of carbonyl (C=O) groups excluding carboxylic acids is 1. The summed E-state index contributed by atoms with van der Waals surface area (Å²) in [7, 11) is 0. The predicted molar refractivity (Wildman–Crippen MR) is 110 cm³/mol. The van der Waals surface area contributed by atoms with Gasteiger partial charge in [0.15, 0.2) is 11.6 Å². The Hall–Kier alpha value is -4.01. The Labute approximate surface area is 179 Å². The number of benzene rings is 3. The molecule has 0 aliphatic carbocycles. The molecule has 0 atom stereocenters. The van der Waals surface area contributed by atoms with E-state index in [9.17, 15) is 22.4 Å². The molecule has 5 nitrogen and oxygen atoms in total. The maximum Gasteiger partial charge on any atom is 0.312 e. The van der Waals surface area contributed by atoms with Crippen molar-refractivity contribution in [2.75, 3.05) is 4.90 Å². The first-order valence-corrected chi connectivity index (χ1v) is 9.39. The molecule has 3 aromatic carbocycles. The number of hydrogen-bond donors (Lipinski definition) is 2.